The van der Waals surface area contributed by atoms with E-state index < -0.39 is 23.6 Å². The van der Waals surface area contributed by atoms with Crippen LogP contribution in [0.15, 0.2) is 18.2 Å². The van der Waals surface area contributed by atoms with Gasteiger partial charge < -0.3 is 5.73 Å². The minimum absolute atomic E-state index is 0. The van der Waals surface area contributed by atoms with E-state index in [0.29, 0.717) is 12.0 Å². The van der Waals surface area contributed by atoms with Gasteiger partial charge in [0.2, 0.25) is 0 Å². The lowest BCUT2D eigenvalue weighted by molar-refractivity contribution is -0.140. The first-order valence-electron chi connectivity index (χ1n) is 5.48. The molecule has 1 rings (SSSR count). The standard InChI is InChI=1S/C12H15F4N.ClH/c1-2-3-4-11(17)8-5-6-10(13)9(7-8)12(14,15)16;/h5-7,11H,2-4,17H2,1H3;1H/t11-;/m0./s1. The van der Waals surface area contributed by atoms with Gasteiger partial charge in [-0.1, -0.05) is 25.8 Å². The molecule has 0 amide bonds. The van der Waals surface area contributed by atoms with E-state index in [2.05, 4.69) is 0 Å². The van der Waals surface area contributed by atoms with Crippen LogP contribution in [-0.4, -0.2) is 0 Å². The van der Waals surface area contributed by atoms with E-state index in [1.165, 1.54) is 6.07 Å². The van der Waals surface area contributed by atoms with E-state index in [-0.39, 0.29) is 12.4 Å². The van der Waals surface area contributed by atoms with Crippen molar-refractivity contribution in [3.8, 4) is 0 Å². The van der Waals surface area contributed by atoms with Gasteiger partial charge in [0.25, 0.3) is 0 Å². The molecule has 0 aliphatic rings. The van der Waals surface area contributed by atoms with Gasteiger partial charge in [-0.3, -0.25) is 0 Å². The third-order valence-corrected chi connectivity index (χ3v) is 2.59. The maximum absolute atomic E-state index is 13.0. The number of hydrogen-bond acceptors (Lipinski definition) is 1. The molecule has 1 aromatic rings. The molecule has 0 heterocycles. The molecule has 2 N–H and O–H groups in total. The third-order valence-electron chi connectivity index (χ3n) is 2.59. The number of halogens is 5. The first-order chi connectivity index (χ1) is 7.86. The molecular formula is C12H16ClF4N. The molecule has 1 aromatic carbocycles. The monoisotopic (exact) mass is 285 g/mol. The molecule has 0 aromatic heterocycles. The van der Waals surface area contributed by atoms with Crippen LogP contribution in [-0.2, 0) is 6.18 Å². The summed E-state index contributed by atoms with van der Waals surface area (Å²) in [7, 11) is 0. The summed E-state index contributed by atoms with van der Waals surface area (Å²) < 4.78 is 50.4. The summed E-state index contributed by atoms with van der Waals surface area (Å²) in [5.74, 6) is -1.26. The van der Waals surface area contributed by atoms with Crippen molar-refractivity contribution < 1.29 is 17.6 Å². The molecule has 0 saturated carbocycles. The zero-order chi connectivity index (χ0) is 13.1. The van der Waals surface area contributed by atoms with Crippen LogP contribution in [0.3, 0.4) is 0 Å². The smallest absolute Gasteiger partial charge is 0.324 e. The fraction of sp³-hybridized carbons (Fsp3) is 0.500. The summed E-state index contributed by atoms with van der Waals surface area (Å²) in [5.41, 5.74) is 4.83. The second kappa shape index (κ2) is 6.95. The zero-order valence-electron chi connectivity index (χ0n) is 9.93. The van der Waals surface area contributed by atoms with Gasteiger partial charge in [-0.25, -0.2) is 4.39 Å². The van der Waals surface area contributed by atoms with E-state index in [1.807, 2.05) is 6.92 Å². The molecule has 18 heavy (non-hydrogen) atoms. The van der Waals surface area contributed by atoms with Crippen LogP contribution < -0.4 is 5.73 Å². The van der Waals surface area contributed by atoms with Crippen molar-refractivity contribution in [2.45, 2.75) is 38.4 Å². The van der Waals surface area contributed by atoms with E-state index in [4.69, 9.17) is 5.73 Å². The van der Waals surface area contributed by atoms with E-state index in [1.54, 1.807) is 0 Å². The molecule has 1 atom stereocenters. The molecule has 104 valence electrons. The molecule has 0 aliphatic heterocycles. The van der Waals surface area contributed by atoms with Gasteiger partial charge in [0.1, 0.15) is 5.82 Å². The first-order valence-corrected chi connectivity index (χ1v) is 5.48. The Morgan fingerprint density at radius 2 is 1.89 bits per heavy atom. The molecule has 0 unspecified atom stereocenters. The van der Waals surface area contributed by atoms with Crippen molar-refractivity contribution in [2.75, 3.05) is 0 Å². The van der Waals surface area contributed by atoms with Crippen molar-refractivity contribution >= 4 is 12.4 Å². The van der Waals surface area contributed by atoms with Gasteiger partial charge in [0, 0.05) is 6.04 Å². The Bertz CT molecular complexity index is 379. The highest BCUT2D eigenvalue weighted by atomic mass is 35.5. The Morgan fingerprint density at radius 3 is 2.39 bits per heavy atom. The van der Waals surface area contributed by atoms with Crippen LogP contribution in [0.2, 0.25) is 0 Å². The minimum Gasteiger partial charge on any atom is -0.324 e. The molecule has 1 nitrogen and oxygen atoms in total. The Kier molecular flexibility index (Phi) is 6.63. The number of alkyl halides is 3. The molecule has 0 spiro atoms. The number of nitrogens with two attached hydrogens (primary N) is 1. The summed E-state index contributed by atoms with van der Waals surface area (Å²) in [6, 6.07) is 2.46. The minimum atomic E-state index is -4.68. The predicted molar refractivity (Wildman–Crippen MR) is 65.1 cm³/mol. The van der Waals surface area contributed by atoms with Crippen LogP contribution in [0.1, 0.15) is 43.4 Å². The second-order valence-corrected chi connectivity index (χ2v) is 3.99. The molecular weight excluding hydrogens is 270 g/mol. The first kappa shape index (κ1) is 17.2. The molecule has 0 fully saturated rings. The lowest BCUT2D eigenvalue weighted by Gasteiger charge is -2.14. The maximum atomic E-state index is 13.0. The Balaban J connectivity index is 0.00000289. The molecule has 0 bridgehead atoms. The molecule has 0 saturated heterocycles. The Hall–Kier alpha value is -0.810. The number of rotatable bonds is 4. The highest BCUT2D eigenvalue weighted by Crippen LogP contribution is 2.33. The summed E-state index contributed by atoms with van der Waals surface area (Å²) >= 11 is 0. The largest absolute Gasteiger partial charge is 0.419 e. The van der Waals surface area contributed by atoms with Crippen molar-refractivity contribution in [3.63, 3.8) is 0 Å². The normalized spacial score (nSPS) is 13.0. The van der Waals surface area contributed by atoms with E-state index in [9.17, 15) is 17.6 Å². The van der Waals surface area contributed by atoms with Crippen LogP contribution in [0, 0.1) is 5.82 Å². The lowest BCUT2D eigenvalue weighted by atomic mass is 9.99. The third kappa shape index (κ3) is 4.46. The molecule has 0 radical (unpaired) electrons. The van der Waals surface area contributed by atoms with Gasteiger partial charge in [-0.05, 0) is 24.1 Å². The summed E-state index contributed by atoms with van der Waals surface area (Å²) in [4.78, 5) is 0. The Labute approximate surface area is 110 Å². The second-order valence-electron chi connectivity index (χ2n) is 3.99. The average molecular weight is 286 g/mol. The highest BCUT2D eigenvalue weighted by Gasteiger charge is 2.34. The molecule has 6 heteroatoms. The fourth-order valence-corrected chi connectivity index (χ4v) is 1.58. The number of hydrogen-bond donors (Lipinski definition) is 1. The predicted octanol–water partition coefficient (Wildman–Crippen LogP) is 4.46. The van der Waals surface area contributed by atoms with Gasteiger partial charge in [-0.2, -0.15) is 13.2 Å². The maximum Gasteiger partial charge on any atom is 0.419 e. The van der Waals surface area contributed by atoms with E-state index in [0.717, 1.165) is 25.0 Å². The molecule has 0 aliphatic carbocycles. The van der Waals surface area contributed by atoms with Gasteiger partial charge >= 0.3 is 6.18 Å². The quantitative estimate of drug-likeness (QED) is 0.812. The number of benzene rings is 1. The van der Waals surface area contributed by atoms with Crippen LogP contribution >= 0.6 is 12.4 Å². The fourth-order valence-electron chi connectivity index (χ4n) is 1.58. The summed E-state index contributed by atoms with van der Waals surface area (Å²) in [6.45, 7) is 1.97. The van der Waals surface area contributed by atoms with E-state index >= 15 is 0 Å². The SMILES string of the molecule is CCCC[C@H](N)c1ccc(F)c(C(F)(F)F)c1.Cl. The Morgan fingerprint density at radius 1 is 1.28 bits per heavy atom. The van der Waals surface area contributed by atoms with Gasteiger partial charge in [0.15, 0.2) is 0 Å². The summed E-state index contributed by atoms with van der Waals surface area (Å²) in [5, 5.41) is 0. The zero-order valence-corrected chi connectivity index (χ0v) is 10.7. The number of unbranched alkanes of at least 4 members (excludes halogenated alkanes) is 1. The highest BCUT2D eigenvalue weighted by molar-refractivity contribution is 5.85. The van der Waals surface area contributed by atoms with Crippen LogP contribution in [0.4, 0.5) is 17.6 Å². The summed E-state index contributed by atoms with van der Waals surface area (Å²) in [6.07, 6.45) is -2.33. The van der Waals surface area contributed by atoms with Crippen LogP contribution in [0.25, 0.3) is 0 Å². The van der Waals surface area contributed by atoms with Crippen molar-refractivity contribution in [1.29, 1.82) is 0 Å². The van der Waals surface area contributed by atoms with Crippen LogP contribution in [0.5, 0.6) is 0 Å². The topological polar surface area (TPSA) is 26.0 Å². The van der Waals surface area contributed by atoms with Gasteiger partial charge in [0.05, 0.1) is 5.56 Å². The van der Waals surface area contributed by atoms with Crippen molar-refractivity contribution in [3.05, 3.63) is 35.1 Å². The average Bonchev–Trinajstić information content (AvgIpc) is 2.25. The lowest BCUT2D eigenvalue weighted by Crippen LogP contribution is -2.14. The van der Waals surface area contributed by atoms with Crippen molar-refractivity contribution in [1.82, 2.24) is 0 Å². The van der Waals surface area contributed by atoms with Crippen molar-refractivity contribution in [2.24, 2.45) is 5.73 Å². The van der Waals surface area contributed by atoms with Gasteiger partial charge in [-0.15, -0.1) is 12.4 Å².